The summed E-state index contributed by atoms with van der Waals surface area (Å²) in [6.07, 6.45) is 0. The van der Waals surface area contributed by atoms with Crippen LogP contribution in [0.15, 0.2) is 64.2 Å². The molecule has 0 unspecified atom stereocenters. The number of rotatable bonds is 5. The summed E-state index contributed by atoms with van der Waals surface area (Å²) in [5.74, 6) is -1.37. The average Bonchev–Trinajstić information content (AvgIpc) is 3.07. The fourth-order valence-corrected chi connectivity index (χ4v) is 4.04. The van der Waals surface area contributed by atoms with Crippen LogP contribution in [-0.4, -0.2) is 8.42 Å². The number of hydrogen-bond acceptors (Lipinski definition) is 4. The van der Waals surface area contributed by atoms with E-state index in [1.165, 1.54) is 12.1 Å². The zero-order valence-corrected chi connectivity index (χ0v) is 13.8. The Morgan fingerprint density at radius 2 is 1.62 bits per heavy atom. The normalized spacial score (nSPS) is 11.2. The van der Waals surface area contributed by atoms with Gasteiger partial charge in [0.15, 0.2) is 0 Å². The number of thiophene rings is 1. The summed E-state index contributed by atoms with van der Waals surface area (Å²) >= 11 is 1.12. The number of hydrogen-bond donors (Lipinski definition) is 2. The van der Waals surface area contributed by atoms with Gasteiger partial charge in [-0.3, -0.25) is 4.72 Å². The fraction of sp³-hybridized carbons (Fsp3) is 0. The van der Waals surface area contributed by atoms with Crippen molar-refractivity contribution in [3.63, 3.8) is 0 Å². The molecule has 0 atom stereocenters. The summed E-state index contributed by atoms with van der Waals surface area (Å²) in [7, 11) is -3.61. The van der Waals surface area contributed by atoms with Crippen LogP contribution in [0.3, 0.4) is 0 Å². The van der Waals surface area contributed by atoms with E-state index in [1.54, 1.807) is 35.7 Å². The van der Waals surface area contributed by atoms with Crippen molar-refractivity contribution in [3.05, 3.63) is 71.6 Å². The summed E-state index contributed by atoms with van der Waals surface area (Å²) in [4.78, 5) is 0. The van der Waals surface area contributed by atoms with Gasteiger partial charge in [0.05, 0.1) is 5.69 Å². The van der Waals surface area contributed by atoms with Crippen LogP contribution in [0.1, 0.15) is 0 Å². The monoisotopic (exact) mass is 366 g/mol. The molecule has 0 fully saturated rings. The van der Waals surface area contributed by atoms with Gasteiger partial charge >= 0.3 is 0 Å². The molecule has 8 heteroatoms. The van der Waals surface area contributed by atoms with E-state index in [-0.39, 0.29) is 9.90 Å². The Morgan fingerprint density at radius 1 is 0.917 bits per heavy atom. The van der Waals surface area contributed by atoms with Gasteiger partial charge in [0.25, 0.3) is 10.0 Å². The minimum absolute atomic E-state index is 0.128. The highest BCUT2D eigenvalue weighted by Crippen LogP contribution is 2.24. The van der Waals surface area contributed by atoms with E-state index >= 15 is 0 Å². The fourth-order valence-electron chi connectivity index (χ4n) is 1.99. The summed E-state index contributed by atoms with van der Waals surface area (Å²) in [6.45, 7) is 0. The van der Waals surface area contributed by atoms with Crippen molar-refractivity contribution < 1.29 is 17.2 Å². The van der Waals surface area contributed by atoms with Gasteiger partial charge in [0.1, 0.15) is 15.8 Å². The molecular formula is C16H12F2N2O2S2. The molecule has 2 aromatic carbocycles. The Labute approximate surface area is 141 Å². The van der Waals surface area contributed by atoms with E-state index in [0.717, 1.165) is 23.5 Å². The van der Waals surface area contributed by atoms with Crippen LogP contribution >= 0.6 is 11.3 Å². The molecular weight excluding hydrogens is 354 g/mol. The SMILES string of the molecule is O=S(=O)(Nc1ccc(Nc2ccc(F)cc2F)cc1)c1cccs1. The predicted octanol–water partition coefficient (Wildman–Crippen LogP) is 4.57. The lowest BCUT2D eigenvalue weighted by atomic mass is 10.2. The molecule has 0 saturated carbocycles. The third-order valence-corrected chi connectivity index (χ3v) is 5.89. The van der Waals surface area contributed by atoms with Crippen molar-refractivity contribution in [2.45, 2.75) is 4.21 Å². The smallest absolute Gasteiger partial charge is 0.271 e. The van der Waals surface area contributed by atoms with Crippen LogP contribution in [0.25, 0.3) is 0 Å². The number of halogens is 2. The maximum absolute atomic E-state index is 13.6. The molecule has 4 nitrogen and oxygen atoms in total. The second-order valence-electron chi connectivity index (χ2n) is 4.86. The van der Waals surface area contributed by atoms with E-state index in [9.17, 15) is 17.2 Å². The average molecular weight is 366 g/mol. The van der Waals surface area contributed by atoms with Gasteiger partial charge in [-0.15, -0.1) is 11.3 Å². The molecule has 3 rings (SSSR count). The van der Waals surface area contributed by atoms with Crippen LogP contribution in [0.5, 0.6) is 0 Å². The van der Waals surface area contributed by atoms with E-state index in [1.807, 2.05) is 0 Å². The summed E-state index contributed by atoms with van der Waals surface area (Å²) in [5.41, 5.74) is 1.05. The zero-order chi connectivity index (χ0) is 17.2. The molecule has 0 bridgehead atoms. The highest BCUT2D eigenvalue weighted by Gasteiger charge is 2.14. The lowest BCUT2D eigenvalue weighted by Gasteiger charge is -2.10. The van der Waals surface area contributed by atoms with Gasteiger partial charge in [0, 0.05) is 17.4 Å². The number of anilines is 3. The van der Waals surface area contributed by atoms with Crippen molar-refractivity contribution in [3.8, 4) is 0 Å². The first kappa shape index (κ1) is 16.4. The lowest BCUT2D eigenvalue weighted by molar-refractivity contribution is 0.586. The van der Waals surface area contributed by atoms with E-state index < -0.39 is 21.7 Å². The van der Waals surface area contributed by atoms with Crippen molar-refractivity contribution in [2.24, 2.45) is 0 Å². The highest BCUT2D eigenvalue weighted by molar-refractivity contribution is 7.94. The molecule has 0 radical (unpaired) electrons. The molecule has 0 aliphatic carbocycles. The first-order chi connectivity index (χ1) is 11.4. The number of benzene rings is 2. The number of sulfonamides is 1. The second-order valence-corrected chi connectivity index (χ2v) is 7.72. The van der Waals surface area contributed by atoms with Gasteiger partial charge in [-0.2, -0.15) is 0 Å². The molecule has 0 aliphatic rings. The molecule has 0 aliphatic heterocycles. The topological polar surface area (TPSA) is 58.2 Å². The second kappa shape index (κ2) is 6.58. The standard InChI is InChI=1S/C16H12F2N2O2S2/c17-11-3-8-15(14(18)10-11)19-12-4-6-13(7-5-12)20-24(21,22)16-2-1-9-23-16/h1-10,19-20H. The summed E-state index contributed by atoms with van der Waals surface area (Å²) < 4.78 is 53.4. The van der Waals surface area contributed by atoms with Gasteiger partial charge < -0.3 is 5.32 Å². The van der Waals surface area contributed by atoms with Gasteiger partial charge in [-0.05, 0) is 47.8 Å². The van der Waals surface area contributed by atoms with Crippen molar-refractivity contribution in [1.82, 2.24) is 0 Å². The molecule has 3 aromatic rings. The Bertz CT molecular complexity index is 941. The third-order valence-electron chi connectivity index (χ3n) is 3.11. The minimum Gasteiger partial charge on any atom is -0.353 e. The van der Waals surface area contributed by atoms with E-state index in [4.69, 9.17) is 0 Å². The van der Waals surface area contributed by atoms with Crippen LogP contribution in [0.4, 0.5) is 25.8 Å². The van der Waals surface area contributed by atoms with E-state index in [0.29, 0.717) is 11.4 Å². The van der Waals surface area contributed by atoms with Gasteiger partial charge in [0.2, 0.25) is 0 Å². The molecule has 1 heterocycles. The lowest BCUT2D eigenvalue weighted by Crippen LogP contribution is -2.11. The van der Waals surface area contributed by atoms with Gasteiger partial charge in [-0.1, -0.05) is 6.07 Å². The first-order valence-corrected chi connectivity index (χ1v) is 9.19. The van der Waals surface area contributed by atoms with Crippen LogP contribution in [0.2, 0.25) is 0 Å². The maximum Gasteiger partial charge on any atom is 0.271 e. The zero-order valence-electron chi connectivity index (χ0n) is 12.2. The number of nitrogens with one attached hydrogen (secondary N) is 2. The summed E-state index contributed by atoms with van der Waals surface area (Å²) in [5, 5.41) is 4.48. The minimum atomic E-state index is -3.61. The molecule has 1 aromatic heterocycles. The molecule has 0 spiro atoms. The third kappa shape index (κ3) is 3.72. The van der Waals surface area contributed by atoms with E-state index in [2.05, 4.69) is 10.0 Å². The molecule has 24 heavy (non-hydrogen) atoms. The Hall–Kier alpha value is -2.45. The van der Waals surface area contributed by atoms with Crippen molar-refractivity contribution in [1.29, 1.82) is 0 Å². The molecule has 0 amide bonds. The van der Waals surface area contributed by atoms with Crippen molar-refractivity contribution in [2.75, 3.05) is 10.0 Å². The van der Waals surface area contributed by atoms with Crippen LogP contribution < -0.4 is 10.0 Å². The molecule has 2 N–H and O–H groups in total. The Kier molecular flexibility index (Phi) is 4.50. The van der Waals surface area contributed by atoms with Gasteiger partial charge in [-0.25, -0.2) is 17.2 Å². The highest BCUT2D eigenvalue weighted by atomic mass is 32.2. The van der Waals surface area contributed by atoms with Crippen LogP contribution in [-0.2, 0) is 10.0 Å². The predicted molar refractivity (Wildman–Crippen MR) is 91.2 cm³/mol. The first-order valence-electron chi connectivity index (χ1n) is 6.82. The maximum atomic E-state index is 13.6. The Balaban J connectivity index is 1.74. The molecule has 124 valence electrons. The van der Waals surface area contributed by atoms with Crippen LogP contribution in [0, 0.1) is 11.6 Å². The quantitative estimate of drug-likeness (QED) is 0.695. The largest absolute Gasteiger partial charge is 0.353 e. The summed E-state index contributed by atoms with van der Waals surface area (Å²) in [6, 6.07) is 12.7. The molecule has 0 saturated heterocycles. The van der Waals surface area contributed by atoms with Crippen molar-refractivity contribution >= 4 is 38.4 Å². The Morgan fingerprint density at radius 3 is 2.25 bits per heavy atom.